The molecular weight excluding hydrogens is 387 g/mol. The van der Waals surface area contributed by atoms with Crippen LogP contribution in [0.5, 0.6) is 5.75 Å². The molecule has 1 N–H and O–H groups in total. The van der Waals surface area contributed by atoms with Gasteiger partial charge in [0, 0.05) is 10.0 Å². The van der Waals surface area contributed by atoms with E-state index in [4.69, 9.17) is 4.74 Å². The summed E-state index contributed by atoms with van der Waals surface area (Å²) in [5.74, 6) is -0.307. The first-order chi connectivity index (χ1) is 11.3. The highest BCUT2D eigenvalue weighted by atomic mass is 79.9. The molecule has 0 atom stereocenters. The van der Waals surface area contributed by atoms with Crippen molar-refractivity contribution in [3.63, 3.8) is 0 Å². The van der Waals surface area contributed by atoms with Gasteiger partial charge in [-0.05, 0) is 48.9 Å². The first kappa shape index (κ1) is 18.3. The lowest BCUT2D eigenvalue weighted by Gasteiger charge is -2.15. The standard InChI is InChI=1S/C17H15BrF3NO2/c1-2-9-24-15-8-5-12(17(19,20)21)10-14(15)22-16(23)11-3-6-13(18)7-4-11/h3-8,10H,2,9H2,1H3,(H,22,23). The van der Waals surface area contributed by atoms with Gasteiger partial charge in [0.2, 0.25) is 0 Å². The van der Waals surface area contributed by atoms with Crippen molar-refractivity contribution in [1.29, 1.82) is 0 Å². The molecule has 0 bridgehead atoms. The molecule has 0 aliphatic carbocycles. The zero-order valence-corrected chi connectivity index (χ0v) is 14.4. The number of carbonyl (C=O) groups is 1. The van der Waals surface area contributed by atoms with E-state index >= 15 is 0 Å². The second-order valence-electron chi connectivity index (χ2n) is 5.02. The minimum absolute atomic E-state index is 0.00815. The predicted molar refractivity (Wildman–Crippen MR) is 89.3 cm³/mol. The zero-order chi connectivity index (χ0) is 17.7. The molecule has 0 spiro atoms. The molecule has 2 aromatic carbocycles. The smallest absolute Gasteiger partial charge is 0.416 e. The van der Waals surface area contributed by atoms with Gasteiger partial charge in [0.25, 0.3) is 5.91 Å². The van der Waals surface area contributed by atoms with Crippen molar-refractivity contribution in [2.75, 3.05) is 11.9 Å². The van der Waals surface area contributed by atoms with Gasteiger partial charge < -0.3 is 10.1 Å². The summed E-state index contributed by atoms with van der Waals surface area (Å²) in [4.78, 5) is 12.2. The SMILES string of the molecule is CCCOc1ccc(C(F)(F)F)cc1NC(=O)c1ccc(Br)cc1. The Morgan fingerprint density at radius 1 is 1.17 bits per heavy atom. The Kier molecular flexibility index (Phi) is 5.88. The molecule has 1 amide bonds. The van der Waals surface area contributed by atoms with Crippen LogP contribution in [0.2, 0.25) is 0 Å². The molecule has 0 fully saturated rings. The van der Waals surface area contributed by atoms with Crippen LogP contribution in [0, 0.1) is 0 Å². The molecule has 3 nitrogen and oxygen atoms in total. The summed E-state index contributed by atoms with van der Waals surface area (Å²) in [6, 6.07) is 9.52. The third-order valence-corrected chi connectivity index (χ3v) is 3.65. The summed E-state index contributed by atoms with van der Waals surface area (Å²) in [5, 5.41) is 2.49. The molecule has 0 saturated carbocycles. The lowest BCUT2D eigenvalue weighted by Crippen LogP contribution is -2.14. The van der Waals surface area contributed by atoms with Gasteiger partial charge in [-0.3, -0.25) is 4.79 Å². The second kappa shape index (κ2) is 7.70. The average Bonchev–Trinajstić information content (AvgIpc) is 2.53. The highest BCUT2D eigenvalue weighted by molar-refractivity contribution is 9.10. The summed E-state index contributed by atoms with van der Waals surface area (Å²) in [5.41, 5.74) is -0.527. The van der Waals surface area contributed by atoms with E-state index < -0.39 is 17.6 Å². The number of amides is 1. The molecule has 2 rings (SSSR count). The van der Waals surface area contributed by atoms with Crippen LogP contribution in [-0.4, -0.2) is 12.5 Å². The molecule has 0 radical (unpaired) electrons. The highest BCUT2D eigenvalue weighted by Crippen LogP contribution is 2.35. The maximum absolute atomic E-state index is 12.9. The highest BCUT2D eigenvalue weighted by Gasteiger charge is 2.31. The van der Waals surface area contributed by atoms with E-state index in [2.05, 4.69) is 21.2 Å². The molecular formula is C17H15BrF3NO2. The van der Waals surface area contributed by atoms with Crippen LogP contribution in [0.4, 0.5) is 18.9 Å². The van der Waals surface area contributed by atoms with Crippen LogP contribution in [0.15, 0.2) is 46.9 Å². The van der Waals surface area contributed by atoms with Crippen LogP contribution in [0.25, 0.3) is 0 Å². The van der Waals surface area contributed by atoms with E-state index in [-0.39, 0.29) is 11.4 Å². The fourth-order valence-electron chi connectivity index (χ4n) is 1.94. The van der Waals surface area contributed by atoms with Crippen molar-refractivity contribution in [3.05, 3.63) is 58.1 Å². The molecule has 0 saturated heterocycles. The Labute approximate surface area is 146 Å². The summed E-state index contributed by atoms with van der Waals surface area (Å²) in [6.45, 7) is 2.22. The predicted octanol–water partition coefficient (Wildman–Crippen LogP) is 5.51. The minimum Gasteiger partial charge on any atom is -0.491 e. The third kappa shape index (κ3) is 4.74. The van der Waals surface area contributed by atoms with Crippen molar-refractivity contribution in [2.24, 2.45) is 0 Å². The van der Waals surface area contributed by atoms with E-state index in [1.807, 2.05) is 6.92 Å². The van der Waals surface area contributed by atoms with Gasteiger partial charge >= 0.3 is 6.18 Å². The number of nitrogens with one attached hydrogen (secondary N) is 1. The van der Waals surface area contributed by atoms with E-state index in [1.165, 1.54) is 6.07 Å². The molecule has 0 aliphatic heterocycles. The molecule has 0 aromatic heterocycles. The van der Waals surface area contributed by atoms with E-state index in [0.29, 0.717) is 18.6 Å². The van der Waals surface area contributed by atoms with Gasteiger partial charge in [0.05, 0.1) is 17.9 Å². The Balaban J connectivity index is 2.30. The zero-order valence-electron chi connectivity index (χ0n) is 12.8. The number of anilines is 1. The third-order valence-electron chi connectivity index (χ3n) is 3.12. The van der Waals surface area contributed by atoms with Gasteiger partial charge in [0.15, 0.2) is 0 Å². The van der Waals surface area contributed by atoms with E-state index in [9.17, 15) is 18.0 Å². The van der Waals surface area contributed by atoms with Crippen molar-refractivity contribution in [1.82, 2.24) is 0 Å². The van der Waals surface area contributed by atoms with Crippen LogP contribution >= 0.6 is 15.9 Å². The van der Waals surface area contributed by atoms with E-state index in [0.717, 1.165) is 16.6 Å². The Hall–Kier alpha value is -2.02. The van der Waals surface area contributed by atoms with Crippen molar-refractivity contribution in [2.45, 2.75) is 19.5 Å². The largest absolute Gasteiger partial charge is 0.491 e. The number of carbonyl (C=O) groups excluding carboxylic acids is 1. The van der Waals surface area contributed by atoms with Gasteiger partial charge in [-0.2, -0.15) is 13.2 Å². The second-order valence-corrected chi connectivity index (χ2v) is 5.93. The van der Waals surface area contributed by atoms with Crippen LogP contribution in [0.1, 0.15) is 29.3 Å². The molecule has 0 aliphatic rings. The Morgan fingerprint density at radius 2 is 1.83 bits per heavy atom. The monoisotopic (exact) mass is 401 g/mol. The number of alkyl halides is 3. The van der Waals surface area contributed by atoms with Crippen LogP contribution < -0.4 is 10.1 Å². The summed E-state index contributed by atoms with van der Waals surface area (Å²) in [6.07, 6.45) is -3.80. The lowest BCUT2D eigenvalue weighted by atomic mass is 10.1. The van der Waals surface area contributed by atoms with Gasteiger partial charge in [0.1, 0.15) is 5.75 Å². The van der Waals surface area contributed by atoms with Crippen molar-refractivity contribution >= 4 is 27.5 Å². The number of ether oxygens (including phenoxy) is 1. The molecule has 24 heavy (non-hydrogen) atoms. The minimum atomic E-state index is -4.50. The van der Waals surface area contributed by atoms with Gasteiger partial charge in [-0.25, -0.2) is 0 Å². The number of hydrogen-bond acceptors (Lipinski definition) is 2. The summed E-state index contributed by atoms with van der Waals surface area (Å²) >= 11 is 3.26. The van der Waals surface area contributed by atoms with Crippen molar-refractivity contribution < 1.29 is 22.7 Å². The fraction of sp³-hybridized carbons (Fsp3) is 0.235. The molecule has 7 heteroatoms. The number of benzene rings is 2. The lowest BCUT2D eigenvalue weighted by molar-refractivity contribution is -0.137. The summed E-state index contributed by atoms with van der Waals surface area (Å²) < 4.78 is 44.9. The number of halogens is 4. The number of hydrogen-bond donors (Lipinski definition) is 1. The molecule has 128 valence electrons. The first-order valence-corrected chi connectivity index (χ1v) is 8.01. The maximum Gasteiger partial charge on any atom is 0.416 e. The van der Waals surface area contributed by atoms with Crippen molar-refractivity contribution in [3.8, 4) is 5.75 Å². The van der Waals surface area contributed by atoms with E-state index in [1.54, 1.807) is 24.3 Å². The first-order valence-electron chi connectivity index (χ1n) is 7.22. The maximum atomic E-state index is 12.9. The molecule has 0 heterocycles. The number of rotatable bonds is 5. The quantitative estimate of drug-likeness (QED) is 0.717. The normalized spacial score (nSPS) is 11.2. The topological polar surface area (TPSA) is 38.3 Å². The van der Waals surface area contributed by atoms with Crippen LogP contribution in [-0.2, 0) is 6.18 Å². The van der Waals surface area contributed by atoms with Gasteiger partial charge in [-0.1, -0.05) is 22.9 Å². The fourth-order valence-corrected chi connectivity index (χ4v) is 2.20. The Bertz CT molecular complexity index is 715. The van der Waals surface area contributed by atoms with Gasteiger partial charge in [-0.15, -0.1) is 0 Å². The molecule has 2 aromatic rings. The molecule has 0 unspecified atom stereocenters. The summed E-state index contributed by atoms with van der Waals surface area (Å²) in [7, 11) is 0. The average molecular weight is 402 g/mol. The van der Waals surface area contributed by atoms with Crippen LogP contribution in [0.3, 0.4) is 0 Å². The Morgan fingerprint density at radius 3 is 2.42 bits per heavy atom.